The Bertz CT molecular complexity index is 863. The summed E-state index contributed by atoms with van der Waals surface area (Å²) in [4.78, 5) is 19.2. The van der Waals surface area contributed by atoms with Gasteiger partial charge in [0.2, 0.25) is 0 Å². The van der Waals surface area contributed by atoms with Crippen molar-refractivity contribution in [2.24, 2.45) is 0 Å². The van der Waals surface area contributed by atoms with Gasteiger partial charge in [-0.05, 0) is 31.9 Å². The highest BCUT2D eigenvalue weighted by Gasteiger charge is 2.25. The summed E-state index contributed by atoms with van der Waals surface area (Å²) in [5, 5.41) is 10.8. The summed E-state index contributed by atoms with van der Waals surface area (Å²) in [6.07, 6.45) is 5.39. The summed E-state index contributed by atoms with van der Waals surface area (Å²) in [6, 6.07) is 6.15. The van der Waals surface area contributed by atoms with E-state index in [0.717, 1.165) is 42.3 Å². The minimum atomic E-state index is 0.0692. The van der Waals surface area contributed by atoms with E-state index in [4.69, 9.17) is 0 Å². The molecule has 1 aliphatic rings. The molecule has 0 bridgehead atoms. The number of piperidine rings is 1. The Morgan fingerprint density at radius 1 is 1.33 bits per heavy atom. The number of pyridine rings is 1. The number of hydrogen-bond acceptors (Lipinski definition) is 5. The topological polar surface area (TPSA) is 62.5 Å². The molecule has 4 heterocycles. The highest BCUT2D eigenvalue weighted by Crippen LogP contribution is 2.22. The van der Waals surface area contributed by atoms with Crippen LogP contribution in [-0.4, -0.2) is 44.5 Å². The maximum Gasteiger partial charge on any atom is 0.257 e. The van der Waals surface area contributed by atoms with Gasteiger partial charge in [0.25, 0.3) is 5.91 Å². The summed E-state index contributed by atoms with van der Waals surface area (Å²) in [5.41, 5.74) is 2.58. The van der Waals surface area contributed by atoms with Crippen LogP contribution >= 0.6 is 11.3 Å². The van der Waals surface area contributed by atoms with Gasteiger partial charge in [0.1, 0.15) is 0 Å². The molecule has 24 heavy (non-hydrogen) atoms. The van der Waals surface area contributed by atoms with E-state index in [-0.39, 0.29) is 5.91 Å². The highest BCUT2D eigenvalue weighted by molar-refractivity contribution is 7.13. The van der Waals surface area contributed by atoms with E-state index in [2.05, 4.69) is 15.4 Å². The Kier molecular flexibility index (Phi) is 3.93. The zero-order valence-corrected chi connectivity index (χ0v) is 14.3. The van der Waals surface area contributed by atoms with Crippen LogP contribution in [0, 0.1) is 6.92 Å². The quantitative estimate of drug-likeness (QED) is 0.796. The Morgan fingerprint density at radius 3 is 2.92 bits per heavy atom. The number of thiazole rings is 1. The van der Waals surface area contributed by atoms with Crippen LogP contribution in [0.15, 0.2) is 36.0 Å². The zero-order chi connectivity index (χ0) is 16.5. The number of carbonyl (C=O) groups is 1. The van der Waals surface area contributed by atoms with Crippen molar-refractivity contribution in [2.75, 3.05) is 18.4 Å². The first-order chi connectivity index (χ1) is 11.7. The second-order valence-corrected chi connectivity index (χ2v) is 6.95. The molecule has 0 atom stereocenters. The molecule has 4 rings (SSSR count). The maximum atomic E-state index is 12.8. The van der Waals surface area contributed by atoms with Crippen molar-refractivity contribution in [3.05, 3.63) is 47.2 Å². The lowest BCUT2D eigenvalue weighted by atomic mass is 10.0. The van der Waals surface area contributed by atoms with E-state index >= 15 is 0 Å². The van der Waals surface area contributed by atoms with E-state index in [0.29, 0.717) is 11.6 Å². The molecule has 6 nitrogen and oxygen atoms in total. The average Bonchev–Trinajstić information content (AvgIpc) is 3.21. The van der Waals surface area contributed by atoms with Crippen LogP contribution in [0.1, 0.15) is 28.9 Å². The summed E-state index contributed by atoms with van der Waals surface area (Å²) >= 11 is 1.64. The van der Waals surface area contributed by atoms with E-state index in [1.54, 1.807) is 22.0 Å². The molecule has 0 unspecified atom stereocenters. The molecular formula is C17H19N5OS. The van der Waals surface area contributed by atoms with Gasteiger partial charge in [-0.3, -0.25) is 4.79 Å². The number of aromatic nitrogens is 3. The van der Waals surface area contributed by atoms with Crippen LogP contribution in [0.25, 0.3) is 5.52 Å². The molecule has 3 aromatic rings. The van der Waals surface area contributed by atoms with Gasteiger partial charge in [0, 0.05) is 30.7 Å². The lowest BCUT2D eigenvalue weighted by Crippen LogP contribution is -2.42. The van der Waals surface area contributed by atoms with Crippen LogP contribution in [0.4, 0.5) is 5.13 Å². The summed E-state index contributed by atoms with van der Waals surface area (Å²) in [6.45, 7) is 3.51. The van der Waals surface area contributed by atoms with Crippen molar-refractivity contribution in [2.45, 2.75) is 25.8 Å². The zero-order valence-electron chi connectivity index (χ0n) is 13.5. The first-order valence-corrected chi connectivity index (χ1v) is 8.99. The largest absolute Gasteiger partial charge is 0.359 e. The Morgan fingerprint density at radius 2 is 2.17 bits per heavy atom. The molecule has 1 amide bonds. The summed E-state index contributed by atoms with van der Waals surface area (Å²) in [7, 11) is 0. The Hall–Kier alpha value is -2.41. The van der Waals surface area contributed by atoms with E-state index < -0.39 is 0 Å². The van der Waals surface area contributed by atoms with Crippen molar-refractivity contribution in [1.82, 2.24) is 19.5 Å². The molecule has 0 radical (unpaired) electrons. The smallest absolute Gasteiger partial charge is 0.257 e. The van der Waals surface area contributed by atoms with E-state index in [9.17, 15) is 4.79 Å². The van der Waals surface area contributed by atoms with Crippen LogP contribution in [0.3, 0.4) is 0 Å². The molecule has 1 saturated heterocycles. The fraction of sp³-hybridized carbons (Fsp3) is 0.353. The van der Waals surface area contributed by atoms with Gasteiger partial charge in [0.05, 0.1) is 23.0 Å². The minimum absolute atomic E-state index is 0.0692. The molecule has 7 heteroatoms. The predicted octanol–water partition coefficient (Wildman–Crippen LogP) is 2.82. The molecule has 0 aliphatic carbocycles. The molecule has 0 spiro atoms. The summed E-state index contributed by atoms with van der Waals surface area (Å²) < 4.78 is 1.74. The second-order valence-electron chi connectivity index (χ2n) is 6.09. The number of rotatable bonds is 3. The first-order valence-electron chi connectivity index (χ1n) is 8.11. The fourth-order valence-electron chi connectivity index (χ4n) is 3.09. The predicted molar refractivity (Wildman–Crippen MR) is 94.6 cm³/mol. The van der Waals surface area contributed by atoms with Gasteiger partial charge < -0.3 is 10.2 Å². The number of nitrogens with one attached hydrogen (secondary N) is 1. The average molecular weight is 341 g/mol. The van der Waals surface area contributed by atoms with Crippen molar-refractivity contribution < 1.29 is 4.79 Å². The van der Waals surface area contributed by atoms with Crippen LogP contribution in [0.5, 0.6) is 0 Å². The third-order valence-corrected chi connectivity index (χ3v) is 5.28. The maximum absolute atomic E-state index is 12.8. The van der Waals surface area contributed by atoms with Gasteiger partial charge >= 0.3 is 0 Å². The number of aryl methyl sites for hydroxylation is 1. The molecule has 1 N–H and O–H groups in total. The minimum Gasteiger partial charge on any atom is -0.359 e. The Labute approximate surface area is 144 Å². The number of fused-ring (bicyclic) bond motifs is 1. The van der Waals surface area contributed by atoms with Gasteiger partial charge in [-0.25, -0.2) is 9.50 Å². The number of hydrogen-bond donors (Lipinski definition) is 1. The molecule has 3 aromatic heterocycles. The monoisotopic (exact) mass is 341 g/mol. The van der Waals surface area contributed by atoms with E-state index in [1.165, 1.54) is 0 Å². The number of carbonyl (C=O) groups excluding carboxylic acids is 1. The molecule has 0 aromatic carbocycles. The van der Waals surface area contributed by atoms with Crippen molar-refractivity contribution in [1.29, 1.82) is 0 Å². The highest BCUT2D eigenvalue weighted by atomic mass is 32.1. The van der Waals surface area contributed by atoms with Gasteiger partial charge in [-0.15, -0.1) is 11.3 Å². The van der Waals surface area contributed by atoms with Crippen LogP contribution < -0.4 is 5.32 Å². The van der Waals surface area contributed by atoms with E-state index in [1.807, 2.05) is 41.6 Å². The molecule has 124 valence electrons. The molecule has 0 saturated carbocycles. The lowest BCUT2D eigenvalue weighted by Gasteiger charge is -2.32. The van der Waals surface area contributed by atoms with Crippen molar-refractivity contribution in [3.63, 3.8) is 0 Å². The molecular weight excluding hydrogens is 322 g/mol. The number of anilines is 1. The lowest BCUT2D eigenvalue weighted by molar-refractivity contribution is 0.0720. The third kappa shape index (κ3) is 2.87. The summed E-state index contributed by atoms with van der Waals surface area (Å²) in [5.74, 6) is 0.0692. The standard InChI is InChI=1S/C17H19N5OS/c1-12-11-24-17(19-12)20-13-5-8-21(9-6-13)16(23)14-10-18-22-7-3-2-4-15(14)22/h2-4,7,10-11,13H,5-6,8-9H2,1H3,(H,19,20). The Balaban J connectivity index is 1.41. The first kappa shape index (κ1) is 15.1. The fourth-order valence-corrected chi connectivity index (χ4v) is 3.86. The van der Waals surface area contributed by atoms with Crippen molar-refractivity contribution >= 4 is 27.9 Å². The third-order valence-electron chi connectivity index (χ3n) is 4.39. The normalized spacial score (nSPS) is 15.8. The van der Waals surface area contributed by atoms with Gasteiger partial charge in [0.15, 0.2) is 5.13 Å². The van der Waals surface area contributed by atoms with Gasteiger partial charge in [-0.2, -0.15) is 5.10 Å². The molecule has 1 aliphatic heterocycles. The van der Waals surface area contributed by atoms with Gasteiger partial charge in [-0.1, -0.05) is 6.07 Å². The number of amides is 1. The number of nitrogens with zero attached hydrogens (tertiary/aromatic N) is 4. The SMILES string of the molecule is Cc1csc(NC2CCN(C(=O)c3cnn4ccccc34)CC2)n1. The van der Waals surface area contributed by atoms with Crippen LogP contribution in [0.2, 0.25) is 0 Å². The van der Waals surface area contributed by atoms with Crippen molar-refractivity contribution in [3.8, 4) is 0 Å². The molecule has 1 fully saturated rings. The second kappa shape index (κ2) is 6.24. The number of likely N-dealkylation sites (tertiary alicyclic amines) is 1. The van der Waals surface area contributed by atoms with Crippen LogP contribution in [-0.2, 0) is 0 Å².